The zero-order valence-electron chi connectivity index (χ0n) is 23.9. The first-order valence-corrected chi connectivity index (χ1v) is 14.7. The Balaban J connectivity index is 1.28. The predicted molar refractivity (Wildman–Crippen MR) is 147 cm³/mol. The fraction of sp³-hybridized carbons (Fsp3) is 0.750. The van der Waals surface area contributed by atoms with Crippen molar-refractivity contribution in [1.29, 1.82) is 0 Å². The Hall–Kier alpha value is -3.02. The van der Waals surface area contributed by atoms with Crippen LogP contribution in [0.5, 0.6) is 0 Å². The summed E-state index contributed by atoms with van der Waals surface area (Å²) in [6.07, 6.45) is 3.97. The molecule has 0 radical (unpaired) electrons. The molecule has 2 heterocycles. The van der Waals surface area contributed by atoms with Crippen LogP contribution in [0.4, 0.5) is 4.39 Å². The third-order valence-electron chi connectivity index (χ3n) is 8.63. The highest BCUT2D eigenvalue weighted by atomic mass is 19.1. The molecule has 1 aromatic heterocycles. The monoisotopic (exact) mass is 561 g/mol. The molecule has 0 bridgehead atoms. The number of aryl methyl sites for hydroxylation is 1. The molecule has 3 aliphatic rings. The second-order valence-electron chi connectivity index (χ2n) is 11.6. The second-order valence-corrected chi connectivity index (χ2v) is 11.6. The summed E-state index contributed by atoms with van der Waals surface area (Å²) in [5.41, 5.74) is 0.360. The van der Waals surface area contributed by atoms with Gasteiger partial charge in [-0.05, 0) is 70.4 Å². The van der Waals surface area contributed by atoms with Gasteiger partial charge in [-0.3, -0.25) is 23.9 Å². The van der Waals surface area contributed by atoms with Crippen molar-refractivity contribution in [1.82, 2.24) is 35.5 Å². The van der Waals surface area contributed by atoms with Gasteiger partial charge in [0.15, 0.2) is 0 Å². The van der Waals surface area contributed by atoms with Gasteiger partial charge in [0.25, 0.3) is 5.91 Å². The van der Waals surface area contributed by atoms with Crippen LogP contribution in [0.2, 0.25) is 0 Å². The van der Waals surface area contributed by atoms with E-state index in [0.29, 0.717) is 50.5 Å². The SMILES string of the molecule is CCn1nccc1C(=O)NCC(=O)NC1CCC(C[C@@H](NC(=O)C(C)C2CC2)C(=O)N2CCN(C)CC2)CC1F. The van der Waals surface area contributed by atoms with Crippen molar-refractivity contribution >= 4 is 23.6 Å². The minimum atomic E-state index is -1.28. The van der Waals surface area contributed by atoms with Crippen LogP contribution in [-0.2, 0) is 20.9 Å². The largest absolute Gasteiger partial charge is 0.349 e. The minimum Gasteiger partial charge on any atom is -0.349 e. The molecule has 1 aliphatic heterocycles. The maximum Gasteiger partial charge on any atom is 0.269 e. The van der Waals surface area contributed by atoms with Crippen LogP contribution in [0.1, 0.15) is 62.9 Å². The van der Waals surface area contributed by atoms with E-state index in [1.54, 1.807) is 6.07 Å². The molecular formula is C28H44FN7O4. The molecule has 1 aromatic rings. The molecule has 1 saturated heterocycles. The summed E-state index contributed by atoms with van der Waals surface area (Å²) < 4.78 is 16.8. The van der Waals surface area contributed by atoms with Gasteiger partial charge >= 0.3 is 0 Å². The molecule has 4 amide bonds. The van der Waals surface area contributed by atoms with Crippen LogP contribution in [-0.4, -0.2) is 101 Å². The number of amides is 4. The predicted octanol–water partition coefficient (Wildman–Crippen LogP) is 0.951. The Morgan fingerprint density at radius 1 is 1.10 bits per heavy atom. The number of aromatic nitrogens is 2. The van der Waals surface area contributed by atoms with Crippen LogP contribution in [0, 0.1) is 17.8 Å². The molecule has 3 N–H and O–H groups in total. The maximum atomic E-state index is 15.2. The van der Waals surface area contributed by atoms with E-state index >= 15 is 4.39 Å². The Morgan fingerprint density at radius 2 is 1.82 bits per heavy atom. The first kappa shape index (κ1) is 30.0. The first-order valence-electron chi connectivity index (χ1n) is 14.7. The molecule has 5 atom stereocenters. The minimum absolute atomic E-state index is 0.0876. The Kier molecular flexibility index (Phi) is 10.2. The molecule has 222 valence electrons. The van der Waals surface area contributed by atoms with Crippen molar-refractivity contribution < 1.29 is 23.6 Å². The van der Waals surface area contributed by atoms with E-state index in [-0.39, 0.29) is 36.6 Å². The zero-order chi connectivity index (χ0) is 28.8. The smallest absolute Gasteiger partial charge is 0.269 e. The van der Waals surface area contributed by atoms with Gasteiger partial charge in [0, 0.05) is 44.8 Å². The van der Waals surface area contributed by atoms with Crippen LogP contribution in [0.3, 0.4) is 0 Å². The fourth-order valence-electron chi connectivity index (χ4n) is 5.78. The summed E-state index contributed by atoms with van der Waals surface area (Å²) in [6.45, 7) is 6.84. The average molecular weight is 562 g/mol. The van der Waals surface area contributed by atoms with Gasteiger partial charge in [-0.2, -0.15) is 5.10 Å². The van der Waals surface area contributed by atoms with Crippen LogP contribution in [0.25, 0.3) is 0 Å². The fourth-order valence-corrected chi connectivity index (χ4v) is 5.78. The van der Waals surface area contributed by atoms with E-state index in [0.717, 1.165) is 25.9 Å². The van der Waals surface area contributed by atoms with Crippen LogP contribution in [0.15, 0.2) is 12.3 Å². The quantitative estimate of drug-likeness (QED) is 0.369. The highest BCUT2D eigenvalue weighted by molar-refractivity contribution is 5.95. The van der Waals surface area contributed by atoms with E-state index in [1.165, 1.54) is 10.9 Å². The highest BCUT2D eigenvalue weighted by Crippen LogP contribution is 2.37. The highest BCUT2D eigenvalue weighted by Gasteiger charge is 2.38. The van der Waals surface area contributed by atoms with Gasteiger partial charge in [0.1, 0.15) is 17.9 Å². The van der Waals surface area contributed by atoms with Gasteiger partial charge < -0.3 is 25.8 Å². The number of nitrogens with one attached hydrogen (secondary N) is 3. The Bertz CT molecular complexity index is 1050. The molecule has 40 heavy (non-hydrogen) atoms. The van der Waals surface area contributed by atoms with Gasteiger partial charge in [-0.25, -0.2) is 4.39 Å². The molecule has 2 saturated carbocycles. The number of rotatable bonds is 11. The molecule has 11 nitrogen and oxygen atoms in total. The molecule has 2 aliphatic carbocycles. The standard InChI is InChI=1S/C28H44FN7O4/c1-4-36-24(9-10-31-36)27(39)30-17-25(37)32-22-8-5-19(15-21(22)29)16-23(33-26(38)18(2)20-6-7-20)28(40)35-13-11-34(3)12-14-35/h9-10,18-23H,4-8,11-17H2,1-3H3,(H,30,39)(H,32,37)(H,33,38)/t18?,19?,21?,22?,23-/m1/s1. The van der Waals surface area contributed by atoms with E-state index in [9.17, 15) is 19.2 Å². The molecular weight excluding hydrogens is 517 g/mol. The Labute approximate surface area is 235 Å². The van der Waals surface area contributed by atoms with Gasteiger partial charge in [0.05, 0.1) is 12.6 Å². The molecule has 3 fully saturated rings. The van der Waals surface area contributed by atoms with E-state index in [2.05, 4.69) is 25.9 Å². The lowest BCUT2D eigenvalue weighted by molar-refractivity contribution is -0.139. The number of likely N-dealkylation sites (N-methyl/N-ethyl adjacent to an activating group) is 1. The molecule has 4 rings (SSSR count). The molecule has 0 spiro atoms. The van der Waals surface area contributed by atoms with Crippen molar-refractivity contribution in [3.8, 4) is 0 Å². The third-order valence-corrected chi connectivity index (χ3v) is 8.63. The summed E-state index contributed by atoms with van der Waals surface area (Å²) in [4.78, 5) is 55.2. The first-order chi connectivity index (χ1) is 19.2. The topological polar surface area (TPSA) is 129 Å². The van der Waals surface area contributed by atoms with Crippen molar-refractivity contribution in [2.75, 3.05) is 39.8 Å². The Morgan fingerprint density at radius 3 is 2.48 bits per heavy atom. The number of carbonyl (C=O) groups is 4. The number of piperazine rings is 1. The lowest BCUT2D eigenvalue weighted by Crippen LogP contribution is -2.55. The van der Waals surface area contributed by atoms with E-state index < -0.39 is 30.1 Å². The van der Waals surface area contributed by atoms with E-state index in [1.807, 2.05) is 25.8 Å². The van der Waals surface area contributed by atoms with Gasteiger partial charge in [-0.1, -0.05) is 6.92 Å². The lowest BCUT2D eigenvalue weighted by Gasteiger charge is -2.37. The number of alkyl halides is 1. The van der Waals surface area contributed by atoms with Crippen molar-refractivity contribution in [2.45, 2.75) is 77.2 Å². The van der Waals surface area contributed by atoms with Gasteiger partial charge in [0.2, 0.25) is 17.7 Å². The summed E-state index contributed by atoms with van der Waals surface area (Å²) in [6, 6.07) is 0.247. The van der Waals surface area contributed by atoms with Crippen molar-refractivity contribution in [3.63, 3.8) is 0 Å². The second kappa shape index (κ2) is 13.6. The van der Waals surface area contributed by atoms with Gasteiger partial charge in [-0.15, -0.1) is 0 Å². The van der Waals surface area contributed by atoms with E-state index in [4.69, 9.17) is 0 Å². The summed E-state index contributed by atoms with van der Waals surface area (Å²) >= 11 is 0. The van der Waals surface area contributed by atoms with Crippen LogP contribution < -0.4 is 16.0 Å². The number of hydrogen-bond donors (Lipinski definition) is 3. The summed E-state index contributed by atoms with van der Waals surface area (Å²) in [5.74, 6) is -0.893. The van der Waals surface area contributed by atoms with Crippen molar-refractivity contribution in [3.05, 3.63) is 18.0 Å². The number of nitrogens with zero attached hydrogens (tertiary/aromatic N) is 4. The lowest BCUT2D eigenvalue weighted by atomic mass is 9.80. The number of hydrogen-bond acceptors (Lipinski definition) is 6. The number of halogens is 1. The maximum absolute atomic E-state index is 15.2. The average Bonchev–Trinajstić information content (AvgIpc) is 3.68. The number of carbonyl (C=O) groups excluding carboxylic acids is 4. The summed E-state index contributed by atoms with van der Waals surface area (Å²) in [7, 11) is 2.02. The third kappa shape index (κ3) is 7.80. The molecule has 0 aromatic carbocycles. The van der Waals surface area contributed by atoms with Crippen molar-refractivity contribution in [2.24, 2.45) is 17.8 Å². The van der Waals surface area contributed by atoms with Crippen LogP contribution >= 0.6 is 0 Å². The zero-order valence-corrected chi connectivity index (χ0v) is 23.9. The summed E-state index contributed by atoms with van der Waals surface area (Å²) in [5, 5.41) is 12.3. The molecule has 4 unspecified atom stereocenters. The molecule has 12 heteroatoms. The normalized spacial score (nSPS) is 25.1.